The Bertz CT molecular complexity index is 380. The maximum atomic E-state index is 3.59. The number of hydrogen-bond donors (Lipinski definition) is 2. The number of anilines is 2. The Morgan fingerprint density at radius 1 is 1.33 bits per heavy atom. The normalized spacial score (nSPS) is 24.1. The minimum Gasteiger partial charge on any atom is -0.380 e. The van der Waals surface area contributed by atoms with E-state index in [9.17, 15) is 0 Å². The van der Waals surface area contributed by atoms with E-state index in [1.54, 1.807) is 0 Å². The van der Waals surface area contributed by atoms with Crippen LogP contribution in [0.2, 0.25) is 0 Å². The SMILES string of the molecule is Brc1cccc2c1NCC1CNCCN21. The number of rotatable bonds is 0. The second-order valence-electron chi connectivity index (χ2n) is 4.07. The van der Waals surface area contributed by atoms with Crippen molar-refractivity contribution >= 4 is 27.3 Å². The minimum atomic E-state index is 0.598. The van der Waals surface area contributed by atoms with Crippen molar-refractivity contribution < 1.29 is 0 Å². The molecule has 2 aliphatic heterocycles. The summed E-state index contributed by atoms with van der Waals surface area (Å²) in [6.07, 6.45) is 0. The lowest BCUT2D eigenvalue weighted by Gasteiger charge is -2.43. The molecule has 4 heteroatoms. The highest BCUT2D eigenvalue weighted by Gasteiger charge is 2.28. The van der Waals surface area contributed by atoms with Gasteiger partial charge in [-0.2, -0.15) is 0 Å². The topological polar surface area (TPSA) is 27.3 Å². The van der Waals surface area contributed by atoms with Gasteiger partial charge in [-0.3, -0.25) is 0 Å². The summed E-state index contributed by atoms with van der Waals surface area (Å²) in [6, 6.07) is 6.99. The van der Waals surface area contributed by atoms with Crippen LogP contribution < -0.4 is 15.5 Å². The number of hydrogen-bond acceptors (Lipinski definition) is 3. The molecule has 3 nitrogen and oxygen atoms in total. The molecule has 1 aromatic rings. The molecule has 1 saturated heterocycles. The zero-order valence-electron chi connectivity index (χ0n) is 8.46. The zero-order chi connectivity index (χ0) is 10.3. The Balaban J connectivity index is 2.03. The summed E-state index contributed by atoms with van der Waals surface area (Å²) in [5.41, 5.74) is 2.58. The quantitative estimate of drug-likeness (QED) is 0.749. The molecular formula is C11H14BrN3. The van der Waals surface area contributed by atoms with Gasteiger partial charge in [-0.25, -0.2) is 0 Å². The Labute approximate surface area is 98.0 Å². The molecule has 0 aromatic heterocycles. The highest BCUT2D eigenvalue weighted by molar-refractivity contribution is 9.10. The van der Waals surface area contributed by atoms with Crippen LogP contribution in [-0.4, -0.2) is 32.2 Å². The van der Waals surface area contributed by atoms with Crippen LogP contribution in [0.15, 0.2) is 22.7 Å². The number of nitrogens with one attached hydrogen (secondary N) is 2. The summed E-state index contributed by atoms with van der Waals surface area (Å²) in [6.45, 7) is 4.31. The van der Waals surface area contributed by atoms with Crippen molar-refractivity contribution in [1.29, 1.82) is 0 Å². The number of para-hydroxylation sites is 1. The first-order valence-corrected chi connectivity index (χ1v) is 6.15. The van der Waals surface area contributed by atoms with Crippen LogP contribution in [0.5, 0.6) is 0 Å². The second kappa shape index (κ2) is 3.68. The van der Waals surface area contributed by atoms with Gasteiger partial charge < -0.3 is 15.5 Å². The maximum Gasteiger partial charge on any atom is 0.0723 e. The lowest BCUT2D eigenvalue weighted by atomic mass is 10.1. The average Bonchev–Trinajstić information content (AvgIpc) is 2.29. The second-order valence-corrected chi connectivity index (χ2v) is 4.92. The number of halogens is 1. The van der Waals surface area contributed by atoms with Crippen LogP contribution in [0.25, 0.3) is 0 Å². The molecule has 1 fully saturated rings. The van der Waals surface area contributed by atoms with Gasteiger partial charge in [-0.05, 0) is 28.1 Å². The predicted molar refractivity (Wildman–Crippen MR) is 66.6 cm³/mol. The van der Waals surface area contributed by atoms with Crippen LogP contribution in [0.4, 0.5) is 11.4 Å². The first-order chi connectivity index (χ1) is 7.36. The summed E-state index contributed by atoms with van der Waals surface area (Å²) in [4.78, 5) is 2.51. The molecule has 1 atom stereocenters. The number of nitrogens with zero attached hydrogens (tertiary/aromatic N) is 1. The van der Waals surface area contributed by atoms with Crippen LogP contribution in [-0.2, 0) is 0 Å². The molecule has 2 aliphatic rings. The highest BCUT2D eigenvalue weighted by atomic mass is 79.9. The summed E-state index contributed by atoms with van der Waals surface area (Å²) >= 11 is 3.59. The van der Waals surface area contributed by atoms with Crippen molar-refractivity contribution in [1.82, 2.24) is 5.32 Å². The molecule has 3 rings (SSSR count). The predicted octanol–water partition coefficient (Wildman–Crippen LogP) is 1.65. The molecule has 1 unspecified atom stereocenters. The largest absolute Gasteiger partial charge is 0.380 e. The van der Waals surface area contributed by atoms with E-state index in [4.69, 9.17) is 0 Å². The van der Waals surface area contributed by atoms with Gasteiger partial charge in [-0.15, -0.1) is 0 Å². The molecule has 80 valence electrons. The van der Waals surface area contributed by atoms with E-state index >= 15 is 0 Å². The fourth-order valence-corrected chi connectivity index (χ4v) is 2.90. The Kier molecular flexibility index (Phi) is 2.33. The standard InChI is InChI=1S/C11H14BrN3/c12-9-2-1-3-10-11(9)14-7-8-6-13-4-5-15(8)10/h1-3,8,13-14H,4-7H2. The van der Waals surface area contributed by atoms with Crippen LogP contribution in [0.3, 0.4) is 0 Å². The van der Waals surface area contributed by atoms with E-state index in [-0.39, 0.29) is 0 Å². The summed E-state index contributed by atoms with van der Waals surface area (Å²) in [5.74, 6) is 0. The summed E-state index contributed by atoms with van der Waals surface area (Å²) in [5, 5.41) is 6.94. The van der Waals surface area contributed by atoms with Crippen LogP contribution in [0, 0.1) is 0 Å². The summed E-state index contributed by atoms with van der Waals surface area (Å²) < 4.78 is 1.16. The molecule has 0 saturated carbocycles. The Hall–Kier alpha value is -0.740. The molecule has 0 radical (unpaired) electrons. The van der Waals surface area contributed by atoms with Gasteiger partial charge in [0.25, 0.3) is 0 Å². The smallest absolute Gasteiger partial charge is 0.0723 e. The van der Waals surface area contributed by atoms with Gasteiger partial charge in [0.05, 0.1) is 17.4 Å². The molecule has 1 aromatic carbocycles. The Morgan fingerprint density at radius 3 is 3.20 bits per heavy atom. The zero-order valence-corrected chi connectivity index (χ0v) is 10.0. The Morgan fingerprint density at radius 2 is 2.27 bits per heavy atom. The van der Waals surface area contributed by atoms with Gasteiger partial charge in [0.15, 0.2) is 0 Å². The van der Waals surface area contributed by atoms with Crippen LogP contribution in [0.1, 0.15) is 0 Å². The third kappa shape index (κ3) is 1.52. The van der Waals surface area contributed by atoms with Crippen molar-refractivity contribution in [3.05, 3.63) is 22.7 Å². The monoisotopic (exact) mass is 267 g/mol. The van der Waals surface area contributed by atoms with Crippen molar-refractivity contribution in [3.8, 4) is 0 Å². The van der Waals surface area contributed by atoms with Gasteiger partial charge in [0.1, 0.15) is 0 Å². The van der Waals surface area contributed by atoms with Gasteiger partial charge in [-0.1, -0.05) is 6.07 Å². The average molecular weight is 268 g/mol. The molecule has 15 heavy (non-hydrogen) atoms. The molecule has 2 heterocycles. The maximum absolute atomic E-state index is 3.59. The molecular weight excluding hydrogens is 254 g/mol. The van der Waals surface area contributed by atoms with Crippen molar-refractivity contribution in [2.45, 2.75) is 6.04 Å². The third-order valence-corrected chi connectivity index (χ3v) is 3.83. The lowest BCUT2D eigenvalue weighted by Crippen LogP contribution is -2.56. The van der Waals surface area contributed by atoms with Gasteiger partial charge in [0, 0.05) is 30.7 Å². The van der Waals surface area contributed by atoms with E-state index in [1.165, 1.54) is 11.4 Å². The van der Waals surface area contributed by atoms with Crippen molar-refractivity contribution in [2.75, 3.05) is 36.4 Å². The van der Waals surface area contributed by atoms with E-state index in [0.717, 1.165) is 30.7 Å². The van der Waals surface area contributed by atoms with Crippen LogP contribution >= 0.6 is 15.9 Å². The van der Waals surface area contributed by atoms with Crippen molar-refractivity contribution in [3.63, 3.8) is 0 Å². The first-order valence-electron chi connectivity index (χ1n) is 5.36. The highest BCUT2D eigenvalue weighted by Crippen LogP contribution is 2.37. The van der Waals surface area contributed by atoms with Gasteiger partial charge in [0.2, 0.25) is 0 Å². The molecule has 2 N–H and O–H groups in total. The van der Waals surface area contributed by atoms with E-state index in [2.05, 4.69) is 49.7 Å². The number of piperazine rings is 1. The summed E-state index contributed by atoms with van der Waals surface area (Å²) in [7, 11) is 0. The van der Waals surface area contributed by atoms with E-state index < -0.39 is 0 Å². The van der Waals surface area contributed by atoms with E-state index in [1.807, 2.05) is 0 Å². The van der Waals surface area contributed by atoms with Crippen molar-refractivity contribution in [2.24, 2.45) is 0 Å². The van der Waals surface area contributed by atoms with E-state index in [0.29, 0.717) is 6.04 Å². The minimum absolute atomic E-state index is 0.598. The number of fused-ring (bicyclic) bond motifs is 3. The number of benzene rings is 1. The molecule has 0 amide bonds. The fourth-order valence-electron chi connectivity index (χ4n) is 2.41. The van der Waals surface area contributed by atoms with Gasteiger partial charge >= 0.3 is 0 Å². The molecule has 0 bridgehead atoms. The molecule has 0 aliphatic carbocycles. The third-order valence-electron chi connectivity index (χ3n) is 3.17. The first kappa shape index (κ1) is 9.48. The lowest BCUT2D eigenvalue weighted by molar-refractivity contribution is 0.482. The molecule has 0 spiro atoms. The fraction of sp³-hybridized carbons (Fsp3) is 0.455.